The van der Waals surface area contributed by atoms with E-state index < -0.39 is 56.1 Å². The minimum absolute atomic E-state index is 0.161. The monoisotopic (exact) mass is 604 g/mol. The van der Waals surface area contributed by atoms with Gasteiger partial charge in [-0.3, -0.25) is 19.6 Å². The molecule has 2 aromatic heterocycles. The van der Waals surface area contributed by atoms with E-state index >= 15 is 0 Å². The van der Waals surface area contributed by atoms with Gasteiger partial charge in [-0.2, -0.15) is 26.3 Å². The van der Waals surface area contributed by atoms with Crippen molar-refractivity contribution in [2.45, 2.75) is 10.4 Å². The molecule has 0 aromatic carbocycles. The Bertz CT molecular complexity index is 1180. The Morgan fingerprint density at radius 1 is 0.818 bits per heavy atom. The van der Waals surface area contributed by atoms with Crippen LogP contribution in [-0.2, 0) is 15.7 Å². The molecule has 0 spiro atoms. The third-order valence-corrected chi connectivity index (χ3v) is 2.78. The van der Waals surface area contributed by atoms with Crippen molar-refractivity contribution < 1.29 is 45.4 Å². The molecule has 0 unspecified atom stereocenters. The van der Waals surface area contributed by atoms with Crippen molar-refractivity contribution >= 4 is 34.5 Å². The number of hydrogen-bond donors (Lipinski definition) is 4. The summed E-state index contributed by atoms with van der Waals surface area (Å²) in [5.74, 6) is -2.20. The minimum atomic E-state index is -5.07. The van der Waals surface area contributed by atoms with Gasteiger partial charge in [0, 0.05) is 28.7 Å². The summed E-state index contributed by atoms with van der Waals surface area (Å²) in [7, 11) is 1.98. The van der Waals surface area contributed by atoms with Crippen molar-refractivity contribution in [3.63, 3.8) is 0 Å². The fraction of sp³-hybridized carbons (Fsp3) is 0.286. The number of aromatic nitrogens is 4. The molecule has 4 N–H and O–H groups in total. The number of carbonyl (C=O) groups excluding carboxylic acids is 2. The van der Waals surface area contributed by atoms with Crippen LogP contribution < -0.4 is 22.5 Å². The number of esters is 2. The highest BCUT2D eigenvalue weighted by Gasteiger charge is 2.40. The van der Waals surface area contributed by atoms with Gasteiger partial charge in [-0.25, -0.2) is 19.2 Å². The number of nitrogens with one attached hydrogen (secondary N) is 4. The second-order valence-corrected chi connectivity index (χ2v) is 6.29. The molecule has 0 saturated carbocycles. The van der Waals surface area contributed by atoms with Gasteiger partial charge in [0.1, 0.15) is 11.4 Å². The molecule has 0 aliphatic carbocycles. The molecule has 0 saturated heterocycles. The number of alkyl halides is 7. The quantitative estimate of drug-likeness (QED) is 0.167. The number of rotatable bonds is 2. The van der Waals surface area contributed by atoms with Gasteiger partial charge in [0.05, 0.1) is 14.2 Å². The van der Waals surface area contributed by atoms with Crippen LogP contribution in [0.5, 0.6) is 0 Å². The third-order valence-electron chi connectivity index (χ3n) is 2.78. The molecule has 2 heterocycles. The standard InChI is InChI=1S/C7H5F3N2O4.C6H6N2O4.CF3I/c1-16-5(14)3-2(7(8,9)10)4(13)12-6(15)11-3;1-12-5(10)3-2-4(9)8-6(11)7-3;2-1(3,4)5/h1H3,(H2,11,12,13,15);2H,1H3,(H2,7,8,9,11);. The normalized spacial score (nSPS) is 10.7. The Morgan fingerprint density at radius 2 is 1.27 bits per heavy atom. The van der Waals surface area contributed by atoms with E-state index in [1.54, 1.807) is 4.98 Å². The number of methoxy groups -OCH3 is 2. The lowest BCUT2D eigenvalue weighted by atomic mass is 10.2. The SMILES string of the molecule is COC(=O)c1[nH]c(=O)[nH]c(=O)c1C(F)(F)F.COC(=O)c1cc(=O)[nH]c(=O)[nH]1.FC(F)(F)I. The summed E-state index contributed by atoms with van der Waals surface area (Å²) in [6, 6.07) is 0.952. The van der Waals surface area contributed by atoms with E-state index in [4.69, 9.17) is 0 Å². The summed E-state index contributed by atoms with van der Waals surface area (Å²) in [6.07, 6.45) is -5.07. The fourth-order valence-electron chi connectivity index (χ4n) is 1.70. The number of halogens is 7. The average molecular weight is 604 g/mol. The second-order valence-electron chi connectivity index (χ2n) is 5.07. The molecule has 0 amide bonds. The predicted octanol–water partition coefficient (Wildman–Crippen LogP) is 0.660. The van der Waals surface area contributed by atoms with Crippen LogP contribution in [0.3, 0.4) is 0 Å². The second kappa shape index (κ2) is 12.0. The average Bonchev–Trinajstić information content (AvgIpc) is 2.63. The molecule has 0 bridgehead atoms. The zero-order chi connectivity index (χ0) is 26.1. The van der Waals surface area contributed by atoms with Crippen molar-refractivity contribution in [3.8, 4) is 0 Å². The van der Waals surface area contributed by atoms with Crippen molar-refractivity contribution in [1.82, 2.24) is 19.9 Å². The molecule has 0 atom stereocenters. The topological polar surface area (TPSA) is 184 Å². The summed E-state index contributed by atoms with van der Waals surface area (Å²) in [4.78, 5) is 71.6. The van der Waals surface area contributed by atoms with Crippen molar-refractivity contribution in [2.24, 2.45) is 0 Å². The van der Waals surface area contributed by atoms with Crippen LogP contribution >= 0.6 is 22.6 Å². The Morgan fingerprint density at radius 3 is 1.67 bits per heavy atom. The Kier molecular flexibility index (Phi) is 10.8. The molecular formula is C14H11F6IN4O8. The van der Waals surface area contributed by atoms with E-state index in [1.807, 2.05) is 4.98 Å². The summed E-state index contributed by atoms with van der Waals surface area (Å²) in [5, 5.41) is 0. The van der Waals surface area contributed by atoms with E-state index in [-0.39, 0.29) is 5.69 Å². The van der Waals surface area contributed by atoms with Gasteiger partial charge < -0.3 is 19.4 Å². The maximum absolute atomic E-state index is 12.4. The fourth-order valence-corrected chi connectivity index (χ4v) is 1.70. The lowest BCUT2D eigenvalue weighted by Crippen LogP contribution is -2.34. The molecule has 0 fully saturated rings. The number of H-pyrrole nitrogens is 4. The number of carbonyl (C=O) groups is 2. The Balaban J connectivity index is 0.000000530. The van der Waals surface area contributed by atoms with Gasteiger partial charge in [-0.15, -0.1) is 0 Å². The van der Waals surface area contributed by atoms with Crippen LogP contribution in [0.25, 0.3) is 0 Å². The number of hydrogen-bond acceptors (Lipinski definition) is 8. The zero-order valence-electron chi connectivity index (χ0n) is 16.0. The van der Waals surface area contributed by atoms with Crippen LogP contribution in [0.1, 0.15) is 26.5 Å². The maximum Gasteiger partial charge on any atom is 0.441 e. The maximum atomic E-state index is 12.4. The minimum Gasteiger partial charge on any atom is -0.464 e. The first kappa shape index (κ1) is 29.6. The van der Waals surface area contributed by atoms with E-state index in [0.717, 1.165) is 20.3 Å². The van der Waals surface area contributed by atoms with Gasteiger partial charge in [-0.1, -0.05) is 0 Å². The smallest absolute Gasteiger partial charge is 0.441 e. The molecule has 0 aliphatic heterocycles. The van der Waals surface area contributed by atoms with Crippen LogP contribution in [-0.4, -0.2) is 50.3 Å². The van der Waals surface area contributed by atoms with Crippen LogP contribution in [0, 0.1) is 0 Å². The molecular weight excluding hydrogens is 593 g/mol. The highest BCUT2D eigenvalue weighted by molar-refractivity contribution is 14.1. The van der Waals surface area contributed by atoms with Gasteiger partial charge in [0.15, 0.2) is 5.56 Å². The largest absolute Gasteiger partial charge is 0.464 e. The summed E-state index contributed by atoms with van der Waals surface area (Å²) in [5.41, 5.74) is -7.47. The highest BCUT2D eigenvalue weighted by Crippen LogP contribution is 2.28. The van der Waals surface area contributed by atoms with Crippen molar-refractivity contribution in [1.29, 1.82) is 0 Å². The molecule has 19 heteroatoms. The molecule has 0 aliphatic rings. The van der Waals surface area contributed by atoms with Gasteiger partial charge in [0.2, 0.25) is 0 Å². The van der Waals surface area contributed by atoms with Crippen molar-refractivity contribution in [2.75, 3.05) is 14.2 Å². The van der Waals surface area contributed by atoms with Crippen LogP contribution in [0.4, 0.5) is 26.3 Å². The van der Waals surface area contributed by atoms with E-state index in [0.29, 0.717) is 22.6 Å². The lowest BCUT2D eigenvalue weighted by molar-refractivity contribution is -0.139. The van der Waals surface area contributed by atoms with Crippen molar-refractivity contribution in [3.05, 3.63) is 64.7 Å². The number of aromatic amines is 4. The lowest BCUT2D eigenvalue weighted by Gasteiger charge is -2.08. The zero-order valence-corrected chi connectivity index (χ0v) is 18.1. The Hall–Kier alpha value is -3.39. The molecule has 184 valence electrons. The van der Waals surface area contributed by atoms with E-state index in [9.17, 15) is 55.1 Å². The van der Waals surface area contributed by atoms with E-state index in [2.05, 4.69) is 14.5 Å². The summed E-state index contributed by atoms with van der Waals surface area (Å²) < 4.78 is 72.5. The first-order valence-electron chi connectivity index (χ1n) is 7.60. The first-order chi connectivity index (χ1) is 14.9. The van der Waals surface area contributed by atoms with Gasteiger partial charge >= 0.3 is 33.7 Å². The molecule has 33 heavy (non-hydrogen) atoms. The van der Waals surface area contributed by atoms with Gasteiger partial charge in [-0.05, 0) is 0 Å². The summed E-state index contributed by atoms with van der Waals surface area (Å²) in [6.45, 7) is 0. The summed E-state index contributed by atoms with van der Waals surface area (Å²) >= 11 is 0.378. The van der Waals surface area contributed by atoms with Gasteiger partial charge in [0.25, 0.3) is 11.1 Å². The molecule has 0 radical (unpaired) electrons. The molecule has 2 rings (SSSR count). The number of ether oxygens (including phenoxy) is 2. The van der Waals surface area contributed by atoms with Crippen LogP contribution in [0.2, 0.25) is 0 Å². The highest BCUT2D eigenvalue weighted by atomic mass is 127. The predicted molar refractivity (Wildman–Crippen MR) is 103 cm³/mol. The Labute approximate surface area is 189 Å². The first-order valence-corrected chi connectivity index (χ1v) is 8.68. The third kappa shape index (κ3) is 11.2. The van der Waals surface area contributed by atoms with Crippen LogP contribution in [0.15, 0.2) is 25.2 Å². The molecule has 12 nitrogen and oxygen atoms in total. The molecule has 2 aromatic rings. The van der Waals surface area contributed by atoms with E-state index in [1.165, 1.54) is 4.98 Å².